The van der Waals surface area contributed by atoms with E-state index in [1.165, 1.54) is 6.07 Å². The molecule has 0 aliphatic heterocycles. The molecule has 16 heavy (non-hydrogen) atoms. The third-order valence-corrected chi connectivity index (χ3v) is 3.39. The van der Waals surface area contributed by atoms with Gasteiger partial charge in [-0.2, -0.15) is 11.8 Å². The number of benzene rings is 1. The highest BCUT2D eigenvalue weighted by Gasteiger charge is 2.09. The summed E-state index contributed by atoms with van der Waals surface area (Å²) in [6, 6.07) is 5.18. The maximum Gasteiger partial charge on any atom is 0.125 e. The van der Waals surface area contributed by atoms with Crippen molar-refractivity contribution in [2.24, 2.45) is 0 Å². The summed E-state index contributed by atoms with van der Waals surface area (Å²) >= 11 is 1.81. The number of thioether (sulfide) groups is 1. The molecular formula is C12H19FN2S. The van der Waals surface area contributed by atoms with Crippen LogP contribution in [0, 0.1) is 5.82 Å². The van der Waals surface area contributed by atoms with E-state index in [1.54, 1.807) is 6.07 Å². The van der Waals surface area contributed by atoms with Gasteiger partial charge in [0, 0.05) is 24.0 Å². The van der Waals surface area contributed by atoms with Gasteiger partial charge >= 0.3 is 0 Å². The van der Waals surface area contributed by atoms with Crippen LogP contribution in [0.1, 0.15) is 12.5 Å². The number of rotatable bonds is 5. The third-order valence-electron chi connectivity index (χ3n) is 2.57. The molecule has 0 radical (unpaired) electrons. The van der Waals surface area contributed by atoms with Crippen LogP contribution in [0.3, 0.4) is 0 Å². The van der Waals surface area contributed by atoms with E-state index in [0.717, 1.165) is 17.9 Å². The van der Waals surface area contributed by atoms with Crippen molar-refractivity contribution in [3.63, 3.8) is 0 Å². The van der Waals surface area contributed by atoms with E-state index < -0.39 is 0 Å². The average molecular weight is 242 g/mol. The summed E-state index contributed by atoms with van der Waals surface area (Å²) in [6.07, 6.45) is 2.09. The van der Waals surface area contributed by atoms with Crippen molar-refractivity contribution in [2.45, 2.75) is 19.5 Å². The van der Waals surface area contributed by atoms with Crippen molar-refractivity contribution in [2.75, 3.05) is 24.8 Å². The lowest BCUT2D eigenvalue weighted by Gasteiger charge is -2.24. The quantitative estimate of drug-likeness (QED) is 0.805. The van der Waals surface area contributed by atoms with Gasteiger partial charge in [0.1, 0.15) is 5.82 Å². The van der Waals surface area contributed by atoms with Gasteiger partial charge in [0.15, 0.2) is 0 Å². The summed E-state index contributed by atoms with van der Waals surface area (Å²) in [5.74, 6) is 0.808. The van der Waals surface area contributed by atoms with E-state index in [4.69, 9.17) is 5.73 Å². The van der Waals surface area contributed by atoms with Crippen LogP contribution < -0.4 is 5.73 Å². The maximum absolute atomic E-state index is 13.1. The number of anilines is 1. The molecule has 0 saturated heterocycles. The zero-order valence-electron chi connectivity index (χ0n) is 10.0. The molecule has 0 aromatic heterocycles. The normalized spacial score (nSPS) is 13.1. The van der Waals surface area contributed by atoms with Gasteiger partial charge in [0.05, 0.1) is 0 Å². The highest BCUT2D eigenvalue weighted by Crippen LogP contribution is 2.14. The van der Waals surface area contributed by atoms with Gasteiger partial charge in [-0.1, -0.05) is 0 Å². The molecule has 0 aliphatic rings. The van der Waals surface area contributed by atoms with E-state index in [9.17, 15) is 4.39 Å². The molecule has 0 spiro atoms. The van der Waals surface area contributed by atoms with Gasteiger partial charge in [0.2, 0.25) is 0 Å². The molecule has 0 heterocycles. The molecule has 0 amide bonds. The Labute approximate surface area is 101 Å². The average Bonchev–Trinajstić information content (AvgIpc) is 2.16. The summed E-state index contributed by atoms with van der Waals surface area (Å²) < 4.78 is 13.1. The fraction of sp³-hybridized carbons (Fsp3) is 0.500. The lowest BCUT2D eigenvalue weighted by molar-refractivity contribution is 0.269. The summed E-state index contributed by atoms with van der Waals surface area (Å²) in [7, 11) is 2.04. The van der Waals surface area contributed by atoms with Crippen LogP contribution >= 0.6 is 11.8 Å². The summed E-state index contributed by atoms with van der Waals surface area (Å²) in [5.41, 5.74) is 7.02. The molecule has 0 aliphatic carbocycles. The molecule has 1 rings (SSSR count). The molecule has 90 valence electrons. The summed E-state index contributed by atoms with van der Waals surface area (Å²) in [5, 5.41) is 0. The first-order valence-corrected chi connectivity index (χ1v) is 6.66. The highest BCUT2D eigenvalue weighted by molar-refractivity contribution is 7.98. The zero-order chi connectivity index (χ0) is 12.1. The minimum Gasteiger partial charge on any atom is -0.399 e. The van der Waals surface area contributed by atoms with Crippen LogP contribution in [0.4, 0.5) is 10.1 Å². The Morgan fingerprint density at radius 3 is 2.69 bits per heavy atom. The lowest BCUT2D eigenvalue weighted by atomic mass is 10.1. The van der Waals surface area contributed by atoms with Crippen LogP contribution in [-0.2, 0) is 6.54 Å². The lowest BCUT2D eigenvalue weighted by Crippen LogP contribution is -2.30. The second kappa shape index (κ2) is 6.11. The summed E-state index contributed by atoms with van der Waals surface area (Å²) in [6.45, 7) is 2.89. The molecule has 1 unspecified atom stereocenters. The van der Waals surface area contributed by atoms with Crippen molar-refractivity contribution < 1.29 is 4.39 Å². The van der Waals surface area contributed by atoms with Crippen LogP contribution in [0.2, 0.25) is 0 Å². The Morgan fingerprint density at radius 2 is 2.12 bits per heavy atom. The van der Waals surface area contributed by atoms with Crippen LogP contribution in [0.25, 0.3) is 0 Å². The van der Waals surface area contributed by atoms with Gasteiger partial charge in [0.25, 0.3) is 0 Å². The Bertz CT molecular complexity index is 324. The first kappa shape index (κ1) is 13.3. The molecule has 1 atom stereocenters. The predicted octanol–water partition coefficient (Wildman–Crippen LogP) is 2.59. The largest absolute Gasteiger partial charge is 0.399 e. The third kappa shape index (κ3) is 4.02. The van der Waals surface area contributed by atoms with Crippen LogP contribution in [0.5, 0.6) is 0 Å². The molecule has 0 bridgehead atoms. The molecule has 0 fully saturated rings. The summed E-state index contributed by atoms with van der Waals surface area (Å²) in [4.78, 5) is 2.20. The van der Waals surface area contributed by atoms with E-state index in [0.29, 0.717) is 11.7 Å². The molecular weight excluding hydrogens is 223 g/mol. The van der Waals surface area contributed by atoms with Crippen molar-refractivity contribution in [1.29, 1.82) is 0 Å². The van der Waals surface area contributed by atoms with Crippen molar-refractivity contribution in [3.8, 4) is 0 Å². The first-order chi connectivity index (χ1) is 7.52. The van der Waals surface area contributed by atoms with Crippen molar-refractivity contribution in [1.82, 2.24) is 4.90 Å². The van der Waals surface area contributed by atoms with E-state index in [-0.39, 0.29) is 5.82 Å². The second-order valence-electron chi connectivity index (χ2n) is 4.11. The number of hydrogen-bond donors (Lipinski definition) is 1. The molecule has 2 N–H and O–H groups in total. The van der Waals surface area contributed by atoms with Crippen molar-refractivity contribution in [3.05, 3.63) is 29.6 Å². The van der Waals surface area contributed by atoms with Gasteiger partial charge < -0.3 is 5.73 Å². The second-order valence-corrected chi connectivity index (χ2v) is 5.02. The Balaban J connectivity index is 2.65. The van der Waals surface area contributed by atoms with Crippen LogP contribution in [-0.4, -0.2) is 30.0 Å². The van der Waals surface area contributed by atoms with E-state index >= 15 is 0 Å². The number of nitrogen functional groups attached to an aromatic ring is 1. The fourth-order valence-corrected chi connectivity index (χ4v) is 2.32. The Hall–Kier alpha value is -0.740. The van der Waals surface area contributed by atoms with Gasteiger partial charge in [-0.15, -0.1) is 0 Å². The smallest absolute Gasteiger partial charge is 0.125 e. The molecule has 2 nitrogen and oxygen atoms in total. The molecule has 1 aromatic carbocycles. The standard InChI is InChI=1S/C12H19FN2S/c1-9(8-16-3)15(2)7-10-4-11(13)6-12(14)5-10/h4-6,9H,7-8,14H2,1-3H3. The molecule has 0 saturated carbocycles. The Morgan fingerprint density at radius 1 is 1.44 bits per heavy atom. The highest BCUT2D eigenvalue weighted by atomic mass is 32.2. The number of hydrogen-bond acceptors (Lipinski definition) is 3. The van der Waals surface area contributed by atoms with Gasteiger partial charge in [-0.3, -0.25) is 4.90 Å². The first-order valence-electron chi connectivity index (χ1n) is 5.27. The predicted molar refractivity (Wildman–Crippen MR) is 70.1 cm³/mol. The minimum atomic E-state index is -0.263. The minimum absolute atomic E-state index is 0.263. The molecule has 4 heteroatoms. The van der Waals surface area contributed by atoms with Gasteiger partial charge in [-0.25, -0.2) is 4.39 Å². The monoisotopic (exact) mass is 242 g/mol. The number of nitrogens with zero attached hydrogens (tertiary/aromatic N) is 1. The van der Waals surface area contributed by atoms with Crippen molar-refractivity contribution >= 4 is 17.4 Å². The van der Waals surface area contributed by atoms with E-state index in [1.807, 2.05) is 24.9 Å². The fourth-order valence-electron chi connectivity index (χ4n) is 1.58. The maximum atomic E-state index is 13.1. The number of nitrogens with two attached hydrogens (primary N) is 1. The topological polar surface area (TPSA) is 29.3 Å². The molecule has 1 aromatic rings. The Kier molecular flexibility index (Phi) is 5.09. The van der Waals surface area contributed by atoms with Crippen LogP contribution in [0.15, 0.2) is 18.2 Å². The zero-order valence-corrected chi connectivity index (χ0v) is 10.9. The van der Waals surface area contributed by atoms with E-state index in [2.05, 4.69) is 18.1 Å². The van der Waals surface area contributed by atoms with Gasteiger partial charge in [-0.05, 0) is 44.0 Å². The SMILES string of the molecule is CSCC(C)N(C)Cc1cc(N)cc(F)c1. The number of halogens is 1.